The van der Waals surface area contributed by atoms with Gasteiger partial charge in [0, 0.05) is 19.3 Å². The average Bonchev–Trinajstić information content (AvgIpc) is 2.12. The van der Waals surface area contributed by atoms with Crippen LogP contribution < -0.4 is 0 Å². The molecule has 0 amide bonds. The molecule has 1 spiro atoms. The Bertz CT molecular complexity index is 273. The molecule has 2 heterocycles. The highest BCUT2D eigenvalue weighted by molar-refractivity contribution is 5.75. The van der Waals surface area contributed by atoms with Crippen LogP contribution in [0.2, 0.25) is 0 Å². The van der Waals surface area contributed by atoms with Crippen molar-refractivity contribution in [2.75, 3.05) is 0 Å². The molecular formula is C10H14O4. The van der Waals surface area contributed by atoms with Gasteiger partial charge in [-0.05, 0) is 12.8 Å². The minimum absolute atomic E-state index is 0.0683. The van der Waals surface area contributed by atoms with Crippen LogP contribution in [0.3, 0.4) is 0 Å². The van der Waals surface area contributed by atoms with Crippen LogP contribution in [0, 0.1) is 5.92 Å². The fourth-order valence-corrected chi connectivity index (χ4v) is 1.95. The maximum absolute atomic E-state index is 11.4. The van der Waals surface area contributed by atoms with Gasteiger partial charge >= 0.3 is 11.9 Å². The summed E-state index contributed by atoms with van der Waals surface area (Å²) in [7, 11) is 0. The van der Waals surface area contributed by atoms with Crippen LogP contribution in [-0.4, -0.2) is 17.7 Å². The Morgan fingerprint density at radius 3 is 2.71 bits per heavy atom. The van der Waals surface area contributed by atoms with Gasteiger partial charge in [-0.15, -0.1) is 0 Å². The van der Waals surface area contributed by atoms with E-state index in [1.165, 1.54) is 0 Å². The number of carbonyl (C=O) groups is 2. The predicted molar refractivity (Wildman–Crippen MR) is 47.2 cm³/mol. The number of hydrogen-bond donors (Lipinski definition) is 0. The minimum atomic E-state index is -0.918. The Morgan fingerprint density at radius 2 is 2.07 bits per heavy atom. The smallest absolute Gasteiger partial charge is 0.311 e. The molecule has 2 aliphatic rings. The van der Waals surface area contributed by atoms with Crippen molar-refractivity contribution >= 4 is 11.9 Å². The maximum Gasteiger partial charge on any atom is 0.311 e. The zero-order chi connectivity index (χ0) is 10.2. The molecule has 2 aliphatic heterocycles. The summed E-state index contributed by atoms with van der Waals surface area (Å²) < 4.78 is 10.4. The first kappa shape index (κ1) is 9.49. The van der Waals surface area contributed by atoms with Crippen molar-refractivity contribution in [3.8, 4) is 0 Å². The molecule has 0 aliphatic carbocycles. The highest BCUT2D eigenvalue weighted by atomic mass is 16.7. The Hall–Kier alpha value is -1.06. The summed E-state index contributed by atoms with van der Waals surface area (Å²) in [6.45, 7) is 1.83. The van der Waals surface area contributed by atoms with Crippen molar-refractivity contribution < 1.29 is 19.1 Å². The lowest BCUT2D eigenvalue weighted by atomic mass is 9.92. The summed E-state index contributed by atoms with van der Waals surface area (Å²) in [4.78, 5) is 22.5. The van der Waals surface area contributed by atoms with Gasteiger partial charge in [-0.25, -0.2) is 0 Å². The molecule has 2 rings (SSSR count). The number of rotatable bonds is 0. The summed E-state index contributed by atoms with van der Waals surface area (Å²) in [5.41, 5.74) is 0. The lowest BCUT2D eigenvalue weighted by molar-refractivity contribution is -0.254. The quantitative estimate of drug-likeness (QED) is 0.552. The largest absolute Gasteiger partial charge is 0.422 e. The van der Waals surface area contributed by atoms with E-state index in [2.05, 4.69) is 0 Å². The van der Waals surface area contributed by atoms with Crippen LogP contribution >= 0.6 is 0 Å². The standard InChI is InChI=1S/C10H14O4/c1-7-4-6-10(14-9(7)12)5-2-3-8(11)13-10/h7H,2-6H2,1H3/t7-,10+/m1/s1. The third-order valence-electron chi connectivity index (χ3n) is 2.89. The van der Waals surface area contributed by atoms with Gasteiger partial charge in [0.1, 0.15) is 0 Å². The summed E-state index contributed by atoms with van der Waals surface area (Å²) >= 11 is 0. The fourth-order valence-electron chi connectivity index (χ4n) is 1.95. The first-order valence-electron chi connectivity index (χ1n) is 5.06. The van der Waals surface area contributed by atoms with Crippen LogP contribution in [0.5, 0.6) is 0 Å². The Kier molecular flexibility index (Phi) is 2.21. The van der Waals surface area contributed by atoms with Crippen molar-refractivity contribution in [2.24, 2.45) is 5.92 Å². The molecule has 0 radical (unpaired) electrons. The van der Waals surface area contributed by atoms with Gasteiger partial charge in [-0.1, -0.05) is 6.92 Å². The lowest BCUT2D eigenvalue weighted by Crippen LogP contribution is -2.47. The van der Waals surface area contributed by atoms with Crippen LogP contribution in [0.15, 0.2) is 0 Å². The first-order chi connectivity index (χ1) is 6.61. The van der Waals surface area contributed by atoms with E-state index in [4.69, 9.17) is 9.47 Å². The van der Waals surface area contributed by atoms with Crippen LogP contribution in [0.4, 0.5) is 0 Å². The van der Waals surface area contributed by atoms with Crippen molar-refractivity contribution in [3.63, 3.8) is 0 Å². The molecule has 14 heavy (non-hydrogen) atoms. The van der Waals surface area contributed by atoms with Gasteiger partial charge in [0.15, 0.2) is 0 Å². The van der Waals surface area contributed by atoms with Crippen LogP contribution in [-0.2, 0) is 19.1 Å². The van der Waals surface area contributed by atoms with E-state index in [9.17, 15) is 9.59 Å². The van der Waals surface area contributed by atoms with Crippen LogP contribution in [0.1, 0.15) is 39.0 Å². The molecule has 0 bridgehead atoms. The Labute approximate surface area is 82.6 Å². The first-order valence-corrected chi connectivity index (χ1v) is 5.06. The van der Waals surface area contributed by atoms with Gasteiger partial charge < -0.3 is 9.47 Å². The second-order valence-corrected chi connectivity index (χ2v) is 4.10. The molecular weight excluding hydrogens is 184 g/mol. The molecule has 2 atom stereocenters. The van der Waals surface area contributed by atoms with Crippen molar-refractivity contribution in [1.29, 1.82) is 0 Å². The van der Waals surface area contributed by atoms with Gasteiger partial charge in [0.25, 0.3) is 5.79 Å². The maximum atomic E-state index is 11.4. The molecule has 0 aromatic carbocycles. The molecule has 0 aromatic heterocycles. The van der Waals surface area contributed by atoms with E-state index in [-0.39, 0.29) is 17.9 Å². The Balaban J connectivity index is 2.09. The summed E-state index contributed by atoms with van der Waals surface area (Å²) in [5, 5.41) is 0. The molecule has 0 aromatic rings. The fraction of sp³-hybridized carbons (Fsp3) is 0.800. The van der Waals surface area contributed by atoms with E-state index in [1.807, 2.05) is 6.92 Å². The second-order valence-electron chi connectivity index (χ2n) is 4.10. The molecule has 78 valence electrons. The van der Waals surface area contributed by atoms with Gasteiger partial charge in [0.05, 0.1) is 5.92 Å². The SMILES string of the molecule is C[C@@H]1CC[C@]2(CCCC(=O)O2)OC1=O. The van der Waals surface area contributed by atoms with Crippen molar-refractivity contribution in [1.82, 2.24) is 0 Å². The van der Waals surface area contributed by atoms with Crippen molar-refractivity contribution in [2.45, 2.75) is 44.8 Å². The second kappa shape index (κ2) is 3.26. The highest BCUT2D eigenvalue weighted by Gasteiger charge is 2.45. The third kappa shape index (κ3) is 1.61. The molecule has 2 fully saturated rings. The van der Waals surface area contributed by atoms with Crippen molar-refractivity contribution in [3.05, 3.63) is 0 Å². The summed E-state index contributed by atoms with van der Waals surface area (Å²) in [6, 6.07) is 0. The van der Waals surface area contributed by atoms with Gasteiger partial charge in [-0.2, -0.15) is 0 Å². The van der Waals surface area contributed by atoms with E-state index in [1.54, 1.807) is 0 Å². The topological polar surface area (TPSA) is 52.6 Å². The molecule has 0 saturated carbocycles. The molecule has 2 saturated heterocycles. The average molecular weight is 198 g/mol. The number of esters is 2. The van der Waals surface area contributed by atoms with Gasteiger partial charge in [0.2, 0.25) is 0 Å². The Morgan fingerprint density at radius 1 is 1.29 bits per heavy atom. The monoisotopic (exact) mass is 198 g/mol. The lowest BCUT2D eigenvalue weighted by Gasteiger charge is -2.39. The predicted octanol–water partition coefficient (Wildman–Crippen LogP) is 1.38. The van der Waals surface area contributed by atoms with Gasteiger partial charge in [-0.3, -0.25) is 9.59 Å². The van der Waals surface area contributed by atoms with E-state index in [0.29, 0.717) is 19.3 Å². The highest BCUT2D eigenvalue weighted by Crippen LogP contribution is 2.37. The molecule has 0 N–H and O–H groups in total. The zero-order valence-corrected chi connectivity index (χ0v) is 8.25. The number of hydrogen-bond acceptors (Lipinski definition) is 4. The minimum Gasteiger partial charge on any atom is -0.422 e. The molecule has 0 unspecified atom stereocenters. The van der Waals surface area contributed by atoms with E-state index >= 15 is 0 Å². The van der Waals surface area contributed by atoms with E-state index < -0.39 is 5.79 Å². The molecule has 4 heteroatoms. The molecule has 4 nitrogen and oxygen atoms in total. The number of ether oxygens (including phenoxy) is 2. The normalized spacial score (nSPS) is 37.9. The summed E-state index contributed by atoms with van der Waals surface area (Å²) in [6.07, 6.45) is 3.23. The third-order valence-corrected chi connectivity index (χ3v) is 2.89. The summed E-state index contributed by atoms with van der Waals surface area (Å²) in [5.74, 6) is -1.48. The van der Waals surface area contributed by atoms with E-state index in [0.717, 1.165) is 12.8 Å². The number of carbonyl (C=O) groups excluding carboxylic acids is 2. The van der Waals surface area contributed by atoms with Crippen LogP contribution in [0.25, 0.3) is 0 Å². The zero-order valence-electron chi connectivity index (χ0n) is 8.25.